The molecule has 0 bridgehead atoms. The molecule has 26 heavy (non-hydrogen) atoms. The second-order valence-corrected chi connectivity index (χ2v) is 6.19. The quantitative estimate of drug-likeness (QED) is 0.623. The zero-order chi connectivity index (χ0) is 18.4. The van der Waals surface area contributed by atoms with Gasteiger partial charge >= 0.3 is 6.03 Å². The van der Waals surface area contributed by atoms with Crippen LogP contribution in [0.2, 0.25) is 5.02 Å². The minimum atomic E-state index is -0.400. The average molecular weight is 371 g/mol. The number of aromatic nitrogens is 2. The Labute approximate surface area is 156 Å². The lowest BCUT2D eigenvalue weighted by Gasteiger charge is -2.17. The van der Waals surface area contributed by atoms with Crippen LogP contribution in [0.25, 0.3) is 5.69 Å². The molecule has 0 radical (unpaired) electrons. The van der Waals surface area contributed by atoms with Crippen molar-refractivity contribution in [1.29, 1.82) is 0 Å². The lowest BCUT2D eigenvalue weighted by Crippen LogP contribution is -2.41. The summed E-state index contributed by atoms with van der Waals surface area (Å²) in [5.74, 6) is 0. The number of halogens is 1. The lowest BCUT2D eigenvalue weighted by molar-refractivity contribution is 0.224. The molecule has 3 aromatic rings. The van der Waals surface area contributed by atoms with Crippen LogP contribution in [0, 0.1) is 0 Å². The molecule has 134 valence electrons. The smallest absolute Gasteiger partial charge is 0.319 e. The summed E-state index contributed by atoms with van der Waals surface area (Å²) in [6.07, 6.45) is 4.00. The third kappa shape index (κ3) is 4.62. The largest absolute Gasteiger partial charge is 0.394 e. The number of anilines is 1. The molecule has 0 saturated heterocycles. The fraction of sp³-hybridized carbons (Fsp3) is 0.158. The summed E-state index contributed by atoms with van der Waals surface area (Å²) in [5.41, 5.74) is 2.32. The second-order valence-electron chi connectivity index (χ2n) is 5.78. The van der Waals surface area contributed by atoms with Gasteiger partial charge in [-0.05, 0) is 36.2 Å². The highest BCUT2D eigenvalue weighted by atomic mass is 35.5. The van der Waals surface area contributed by atoms with Gasteiger partial charge in [-0.25, -0.2) is 9.48 Å². The number of aliphatic hydroxyl groups excluding tert-OH is 1. The van der Waals surface area contributed by atoms with Gasteiger partial charge in [0.25, 0.3) is 0 Å². The summed E-state index contributed by atoms with van der Waals surface area (Å²) in [6, 6.07) is 15.9. The summed E-state index contributed by atoms with van der Waals surface area (Å²) in [5, 5.41) is 19.6. The van der Waals surface area contributed by atoms with E-state index in [9.17, 15) is 9.90 Å². The normalized spacial score (nSPS) is 11.8. The third-order valence-electron chi connectivity index (χ3n) is 3.84. The number of benzene rings is 2. The van der Waals surface area contributed by atoms with Gasteiger partial charge in [-0.15, -0.1) is 0 Å². The van der Waals surface area contributed by atoms with Crippen LogP contribution >= 0.6 is 11.6 Å². The molecule has 0 spiro atoms. The average Bonchev–Trinajstić information content (AvgIpc) is 3.16. The highest BCUT2D eigenvalue weighted by Gasteiger charge is 2.13. The van der Waals surface area contributed by atoms with Crippen molar-refractivity contribution in [2.75, 3.05) is 11.9 Å². The Kier molecular flexibility index (Phi) is 5.88. The van der Waals surface area contributed by atoms with Crippen molar-refractivity contribution in [3.05, 3.63) is 77.6 Å². The standard InChI is InChI=1S/C19H19ClN4O2/c20-17-12-15(7-8-18(17)24-10-4-9-21-24)22-19(26)23-16(13-25)11-14-5-2-1-3-6-14/h1-10,12,16,25H,11,13H2,(H2,22,23,26). The molecule has 3 N–H and O–H groups in total. The van der Waals surface area contributed by atoms with Gasteiger partial charge in [0.2, 0.25) is 0 Å². The van der Waals surface area contributed by atoms with E-state index in [-0.39, 0.29) is 12.6 Å². The summed E-state index contributed by atoms with van der Waals surface area (Å²) in [7, 11) is 0. The molecule has 0 aliphatic heterocycles. The van der Waals surface area contributed by atoms with Crippen LogP contribution < -0.4 is 10.6 Å². The SMILES string of the molecule is O=C(Nc1ccc(-n2cccn2)c(Cl)c1)NC(CO)Cc1ccccc1. The van der Waals surface area contributed by atoms with Crippen LogP contribution in [-0.4, -0.2) is 33.6 Å². The van der Waals surface area contributed by atoms with Gasteiger partial charge in [0.1, 0.15) is 0 Å². The van der Waals surface area contributed by atoms with Gasteiger partial charge in [-0.1, -0.05) is 41.9 Å². The van der Waals surface area contributed by atoms with Gasteiger partial charge in [-0.3, -0.25) is 0 Å². The molecule has 1 aromatic heterocycles. The highest BCUT2D eigenvalue weighted by molar-refractivity contribution is 6.32. The van der Waals surface area contributed by atoms with E-state index in [2.05, 4.69) is 15.7 Å². The van der Waals surface area contributed by atoms with Gasteiger partial charge in [0.15, 0.2) is 0 Å². The molecule has 0 aliphatic rings. The van der Waals surface area contributed by atoms with E-state index in [0.29, 0.717) is 17.1 Å². The number of nitrogens with one attached hydrogen (secondary N) is 2. The predicted molar refractivity (Wildman–Crippen MR) is 102 cm³/mol. The highest BCUT2D eigenvalue weighted by Crippen LogP contribution is 2.23. The number of aliphatic hydroxyl groups is 1. The monoisotopic (exact) mass is 370 g/mol. The van der Waals surface area contributed by atoms with Crippen LogP contribution in [-0.2, 0) is 6.42 Å². The van der Waals surface area contributed by atoms with Crippen LogP contribution in [0.15, 0.2) is 67.0 Å². The maximum Gasteiger partial charge on any atom is 0.319 e. The first kappa shape index (κ1) is 18.0. The maximum absolute atomic E-state index is 12.2. The topological polar surface area (TPSA) is 79.2 Å². The van der Waals surface area contributed by atoms with Crippen molar-refractivity contribution >= 4 is 23.3 Å². The summed E-state index contributed by atoms with van der Waals surface area (Å²) in [4.78, 5) is 12.2. The summed E-state index contributed by atoms with van der Waals surface area (Å²) >= 11 is 6.27. The van der Waals surface area contributed by atoms with Crippen LogP contribution in [0.3, 0.4) is 0 Å². The molecule has 1 unspecified atom stereocenters. The van der Waals surface area contributed by atoms with Gasteiger partial charge in [-0.2, -0.15) is 5.10 Å². The molecule has 1 heterocycles. The molecule has 0 aliphatic carbocycles. The van der Waals surface area contributed by atoms with Crippen molar-refractivity contribution in [1.82, 2.24) is 15.1 Å². The minimum Gasteiger partial charge on any atom is -0.394 e. The Bertz CT molecular complexity index is 853. The first-order chi connectivity index (χ1) is 12.7. The van der Waals surface area contributed by atoms with Crippen molar-refractivity contribution in [2.24, 2.45) is 0 Å². The molecular weight excluding hydrogens is 352 g/mol. The first-order valence-corrected chi connectivity index (χ1v) is 8.55. The van der Waals surface area contributed by atoms with Crippen molar-refractivity contribution in [2.45, 2.75) is 12.5 Å². The maximum atomic E-state index is 12.2. The zero-order valence-corrected chi connectivity index (χ0v) is 14.7. The number of rotatable bonds is 6. The van der Waals surface area contributed by atoms with Crippen LogP contribution in [0.4, 0.5) is 10.5 Å². The molecule has 3 rings (SSSR count). The van der Waals surface area contributed by atoms with Gasteiger partial charge < -0.3 is 15.7 Å². The molecule has 2 aromatic carbocycles. The fourth-order valence-electron chi connectivity index (χ4n) is 2.59. The Hall–Kier alpha value is -2.83. The molecule has 0 saturated carbocycles. The van der Waals surface area contributed by atoms with Crippen molar-refractivity contribution in [3.63, 3.8) is 0 Å². The molecule has 7 heteroatoms. The molecule has 6 nitrogen and oxygen atoms in total. The van der Waals surface area contributed by atoms with Gasteiger partial charge in [0.05, 0.1) is 23.4 Å². The van der Waals surface area contributed by atoms with E-state index >= 15 is 0 Å². The van der Waals surface area contributed by atoms with Crippen molar-refractivity contribution in [3.8, 4) is 5.69 Å². The molecule has 2 amide bonds. The first-order valence-electron chi connectivity index (χ1n) is 8.17. The van der Waals surface area contributed by atoms with Crippen LogP contribution in [0.1, 0.15) is 5.56 Å². The number of urea groups is 1. The van der Waals surface area contributed by atoms with E-state index in [1.165, 1.54) is 0 Å². The van der Waals surface area contributed by atoms with Crippen LogP contribution in [0.5, 0.6) is 0 Å². The second kappa shape index (κ2) is 8.51. The Morgan fingerprint density at radius 2 is 2.00 bits per heavy atom. The Morgan fingerprint density at radius 1 is 1.19 bits per heavy atom. The minimum absolute atomic E-state index is 0.151. The van der Waals surface area contributed by atoms with E-state index < -0.39 is 6.03 Å². The summed E-state index contributed by atoms with van der Waals surface area (Å²) in [6.45, 7) is -0.151. The van der Waals surface area contributed by atoms with Crippen molar-refractivity contribution < 1.29 is 9.90 Å². The fourth-order valence-corrected chi connectivity index (χ4v) is 2.86. The summed E-state index contributed by atoms with van der Waals surface area (Å²) < 4.78 is 1.65. The number of nitrogens with zero attached hydrogens (tertiary/aromatic N) is 2. The zero-order valence-electron chi connectivity index (χ0n) is 14.0. The Morgan fingerprint density at radius 3 is 2.65 bits per heavy atom. The van der Waals surface area contributed by atoms with E-state index in [4.69, 9.17) is 11.6 Å². The molecule has 1 atom stereocenters. The molecule has 0 fully saturated rings. The number of carbonyl (C=O) groups is 1. The molecular formula is C19H19ClN4O2. The predicted octanol–water partition coefficient (Wildman–Crippen LogP) is 3.25. The Balaban J connectivity index is 1.61. The van der Waals surface area contributed by atoms with E-state index in [1.807, 2.05) is 30.3 Å². The van der Waals surface area contributed by atoms with Gasteiger partial charge in [0, 0.05) is 18.1 Å². The lowest BCUT2D eigenvalue weighted by atomic mass is 10.1. The number of hydrogen-bond acceptors (Lipinski definition) is 3. The van der Waals surface area contributed by atoms with E-state index in [1.54, 1.807) is 41.3 Å². The third-order valence-corrected chi connectivity index (χ3v) is 4.14. The number of hydrogen-bond donors (Lipinski definition) is 3. The number of carbonyl (C=O) groups excluding carboxylic acids is 1. The number of amides is 2. The van der Waals surface area contributed by atoms with E-state index in [0.717, 1.165) is 11.3 Å².